The van der Waals surface area contributed by atoms with Gasteiger partial charge in [-0.2, -0.15) is 0 Å². The fraction of sp³-hybridized carbons (Fsp3) is 0.400. The van der Waals surface area contributed by atoms with Gasteiger partial charge in [-0.3, -0.25) is 19.4 Å². The summed E-state index contributed by atoms with van der Waals surface area (Å²) in [6, 6.07) is 16.3. The Bertz CT molecular complexity index is 987. The van der Waals surface area contributed by atoms with Crippen molar-refractivity contribution in [3.63, 3.8) is 0 Å². The number of likely N-dealkylation sites (tertiary alicyclic amines) is 1. The number of ketones is 1. The number of carbonyl (C=O) groups excluding carboxylic acids is 3. The fourth-order valence-electron chi connectivity index (χ4n) is 4.44. The van der Waals surface area contributed by atoms with Gasteiger partial charge < -0.3 is 10.1 Å². The van der Waals surface area contributed by atoms with Crippen LogP contribution in [0.3, 0.4) is 0 Å². The van der Waals surface area contributed by atoms with Crippen molar-refractivity contribution in [1.82, 2.24) is 10.2 Å². The summed E-state index contributed by atoms with van der Waals surface area (Å²) in [5.41, 5.74) is 4.12. The summed E-state index contributed by atoms with van der Waals surface area (Å²) in [6.07, 6.45) is 1.28. The fourth-order valence-corrected chi connectivity index (χ4v) is 4.44. The summed E-state index contributed by atoms with van der Waals surface area (Å²) in [4.78, 5) is 38.9. The molecule has 0 saturated carbocycles. The molecule has 0 spiro atoms. The molecule has 2 atom stereocenters. The van der Waals surface area contributed by atoms with Gasteiger partial charge in [0.25, 0.3) is 0 Å². The van der Waals surface area contributed by atoms with Crippen LogP contribution >= 0.6 is 0 Å². The number of nitrogens with one attached hydrogen (secondary N) is 1. The molecule has 0 aliphatic carbocycles. The SMILES string of the molecule is CC(=O)NCC1CN(c2ccc(-c3ccc(CN4CCCC4C(C)=O)cc3)cc2)C(=O)O1. The van der Waals surface area contributed by atoms with E-state index in [0.717, 1.165) is 42.7 Å². The van der Waals surface area contributed by atoms with E-state index in [-0.39, 0.29) is 23.8 Å². The molecule has 2 aromatic rings. The zero-order valence-corrected chi connectivity index (χ0v) is 18.5. The lowest BCUT2D eigenvalue weighted by Crippen LogP contribution is -2.34. The van der Waals surface area contributed by atoms with Crippen LogP contribution in [0.5, 0.6) is 0 Å². The van der Waals surface area contributed by atoms with Gasteiger partial charge in [-0.25, -0.2) is 4.79 Å². The maximum absolute atomic E-state index is 12.2. The highest BCUT2D eigenvalue weighted by atomic mass is 16.6. The van der Waals surface area contributed by atoms with Crippen LogP contribution in [-0.2, 0) is 20.9 Å². The van der Waals surface area contributed by atoms with E-state index < -0.39 is 6.09 Å². The normalized spacial score (nSPS) is 20.9. The van der Waals surface area contributed by atoms with Gasteiger partial charge in [0.2, 0.25) is 5.91 Å². The zero-order valence-electron chi connectivity index (χ0n) is 18.5. The molecule has 7 heteroatoms. The second kappa shape index (κ2) is 9.53. The highest BCUT2D eigenvalue weighted by molar-refractivity contribution is 5.90. The highest BCUT2D eigenvalue weighted by Gasteiger charge is 2.32. The molecule has 4 rings (SSSR count). The van der Waals surface area contributed by atoms with Crippen molar-refractivity contribution in [1.29, 1.82) is 0 Å². The van der Waals surface area contributed by atoms with E-state index in [1.807, 2.05) is 24.3 Å². The molecule has 2 aliphatic rings. The number of cyclic esters (lactones) is 1. The zero-order chi connectivity index (χ0) is 22.7. The first-order valence-corrected chi connectivity index (χ1v) is 11.1. The van der Waals surface area contributed by atoms with Crippen LogP contribution < -0.4 is 10.2 Å². The smallest absolute Gasteiger partial charge is 0.414 e. The maximum atomic E-state index is 12.2. The summed E-state index contributed by atoms with van der Waals surface area (Å²) in [6.45, 7) is 5.60. The van der Waals surface area contributed by atoms with Gasteiger partial charge in [0.15, 0.2) is 0 Å². The Balaban J connectivity index is 1.38. The van der Waals surface area contributed by atoms with E-state index in [1.165, 1.54) is 12.5 Å². The maximum Gasteiger partial charge on any atom is 0.414 e. The predicted octanol–water partition coefficient (Wildman–Crippen LogP) is 3.37. The Morgan fingerprint density at radius 3 is 2.31 bits per heavy atom. The number of rotatable bonds is 7. The van der Waals surface area contributed by atoms with Crippen molar-refractivity contribution < 1.29 is 19.1 Å². The van der Waals surface area contributed by atoms with E-state index in [0.29, 0.717) is 13.1 Å². The number of amides is 2. The van der Waals surface area contributed by atoms with E-state index in [9.17, 15) is 14.4 Å². The first kappa shape index (κ1) is 22.0. The van der Waals surface area contributed by atoms with Gasteiger partial charge in [0.05, 0.1) is 19.1 Å². The van der Waals surface area contributed by atoms with Crippen LogP contribution in [-0.4, -0.2) is 54.5 Å². The quantitative estimate of drug-likeness (QED) is 0.721. The summed E-state index contributed by atoms with van der Waals surface area (Å²) >= 11 is 0. The molecule has 0 aromatic heterocycles. The van der Waals surface area contributed by atoms with Gasteiger partial charge in [0.1, 0.15) is 11.9 Å². The van der Waals surface area contributed by atoms with Gasteiger partial charge in [-0.1, -0.05) is 36.4 Å². The predicted molar refractivity (Wildman–Crippen MR) is 122 cm³/mol. The summed E-state index contributed by atoms with van der Waals surface area (Å²) in [7, 11) is 0. The highest BCUT2D eigenvalue weighted by Crippen LogP contribution is 2.27. The minimum absolute atomic E-state index is 0.0531. The van der Waals surface area contributed by atoms with Crippen molar-refractivity contribution >= 4 is 23.5 Å². The molecule has 2 fully saturated rings. The lowest BCUT2D eigenvalue weighted by atomic mass is 10.0. The Morgan fingerprint density at radius 1 is 1.03 bits per heavy atom. The first-order valence-electron chi connectivity index (χ1n) is 11.1. The van der Waals surface area contributed by atoms with Crippen LogP contribution in [0.4, 0.5) is 10.5 Å². The Kier molecular flexibility index (Phi) is 6.55. The molecule has 2 aliphatic heterocycles. The molecule has 2 aromatic carbocycles. The molecule has 0 radical (unpaired) electrons. The number of hydrogen-bond acceptors (Lipinski definition) is 5. The minimum Gasteiger partial charge on any atom is -0.442 e. The minimum atomic E-state index is -0.400. The average molecular weight is 436 g/mol. The molecule has 2 saturated heterocycles. The number of Topliss-reactive ketones (excluding diaryl/α,β-unsaturated/α-hetero) is 1. The Hall–Kier alpha value is -3.19. The van der Waals surface area contributed by atoms with Crippen molar-refractivity contribution in [2.75, 3.05) is 24.5 Å². The number of hydrogen-bond donors (Lipinski definition) is 1. The molecule has 32 heavy (non-hydrogen) atoms. The van der Waals surface area contributed by atoms with Gasteiger partial charge >= 0.3 is 6.09 Å². The van der Waals surface area contributed by atoms with Crippen LogP contribution in [0.15, 0.2) is 48.5 Å². The van der Waals surface area contributed by atoms with Gasteiger partial charge in [-0.05, 0) is 55.1 Å². The molecule has 2 unspecified atom stereocenters. The standard InChI is InChI=1S/C25H29N3O4/c1-17(29)24-4-3-13-27(24)15-19-5-7-20(8-6-19)21-9-11-22(12-10-21)28-16-23(32-25(28)31)14-26-18(2)30/h5-12,23-24H,3-4,13-16H2,1-2H3,(H,26,30). The second-order valence-electron chi connectivity index (χ2n) is 8.54. The van der Waals surface area contributed by atoms with Crippen molar-refractivity contribution in [2.45, 2.75) is 45.4 Å². The van der Waals surface area contributed by atoms with Crippen LogP contribution in [0.1, 0.15) is 32.3 Å². The van der Waals surface area contributed by atoms with E-state index >= 15 is 0 Å². The van der Waals surface area contributed by atoms with Crippen molar-refractivity contribution in [3.05, 3.63) is 54.1 Å². The molecule has 1 N–H and O–H groups in total. The molecule has 7 nitrogen and oxygen atoms in total. The van der Waals surface area contributed by atoms with E-state index in [1.54, 1.807) is 11.8 Å². The number of benzene rings is 2. The van der Waals surface area contributed by atoms with Gasteiger partial charge in [0, 0.05) is 19.2 Å². The van der Waals surface area contributed by atoms with Crippen LogP contribution in [0.2, 0.25) is 0 Å². The number of ether oxygens (including phenoxy) is 1. The summed E-state index contributed by atoms with van der Waals surface area (Å²) in [5.74, 6) is 0.108. The molecule has 168 valence electrons. The van der Waals surface area contributed by atoms with Crippen molar-refractivity contribution in [3.8, 4) is 11.1 Å². The number of nitrogens with zero attached hydrogens (tertiary/aromatic N) is 2. The van der Waals surface area contributed by atoms with Crippen LogP contribution in [0, 0.1) is 0 Å². The third-order valence-electron chi connectivity index (χ3n) is 6.14. The largest absolute Gasteiger partial charge is 0.442 e. The number of anilines is 1. The summed E-state index contributed by atoms with van der Waals surface area (Å²) in [5, 5.41) is 2.68. The second-order valence-corrected chi connectivity index (χ2v) is 8.54. The Labute approximate surface area is 188 Å². The van der Waals surface area contributed by atoms with E-state index in [4.69, 9.17) is 4.74 Å². The molecule has 0 bridgehead atoms. The molecule has 2 heterocycles. The van der Waals surface area contributed by atoms with Gasteiger partial charge in [-0.15, -0.1) is 0 Å². The first-order chi connectivity index (χ1) is 15.4. The molecule has 2 amide bonds. The number of carbonyl (C=O) groups is 3. The van der Waals surface area contributed by atoms with E-state index in [2.05, 4.69) is 34.5 Å². The Morgan fingerprint density at radius 2 is 1.69 bits per heavy atom. The third-order valence-corrected chi connectivity index (χ3v) is 6.14. The monoisotopic (exact) mass is 435 g/mol. The van der Waals surface area contributed by atoms with Crippen molar-refractivity contribution in [2.24, 2.45) is 0 Å². The summed E-state index contributed by atoms with van der Waals surface area (Å²) < 4.78 is 5.33. The molecular weight excluding hydrogens is 406 g/mol. The van der Waals surface area contributed by atoms with Crippen LogP contribution in [0.25, 0.3) is 11.1 Å². The molecular formula is C25H29N3O4. The topological polar surface area (TPSA) is 79.0 Å². The lowest BCUT2D eigenvalue weighted by Gasteiger charge is -2.22. The third kappa shape index (κ3) is 4.99. The average Bonchev–Trinajstić information content (AvgIpc) is 3.39. The lowest BCUT2D eigenvalue weighted by molar-refractivity contribution is -0.121.